The van der Waals surface area contributed by atoms with E-state index in [-0.39, 0.29) is 0 Å². The summed E-state index contributed by atoms with van der Waals surface area (Å²) in [6, 6.07) is 38.0. The Hall–Kier alpha value is -5.66. The molecule has 0 amide bonds. The number of hydrogen-bond acceptors (Lipinski definition) is 1. The average molecular weight is 650 g/mol. The molecule has 0 saturated carbocycles. The van der Waals surface area contributed by atoms with E-state index in [4.69, 9.17) is 5.73 Å². The van der Waals surface area contributed by atoms with Gasteiger partial charge in [0.1, 0.15) is 0 Å². The Bertz CT molecular complexity index is 2370. The highest BCUT2D eigenvalue weighted by Gasteiger charge is 2.23. The number of rotatable bonds is 8. The maximum absolute atomic E-state index is 6.35. The van der Waals surface area contributed by atoms with Crippen LogP contribution in [0, 0.1) is 0 Å². The summed E-state index contributed by atoms with van der Waals surface area (Å²) in [4.78, 5) is 0. The van der Waals surface area contributed by atoms with Gasteiger partial charge in [-0.25, -0.2) is 0 Å². The van der Waals surface area contributed by atoms with Crippen LogP contribution in [-0.4, -0.2) is 0 Å². The lowest BCUT2D eigenvalue weighted by Gasteiger charge is -2.25. The molecule has 0 bridgehead atoms. The second-order valence-corrected chi connectivity index (χ2v) is 12.7. The van der Waals surface area contributed by atoms with Crippen LogP contribution in [0.15, 0.2) is 164 Å². The van der Waals surface area contributed by atoms with E-state index < -0.39 is 0 Å². The fraction of sp³-hybridized carbons (Fsp3) is 0.143. The van der Waals surface area contributed by atoms with Crippen LogP contribution in [0.4, 0.5) is 0 Å². The van der Waals surface area contributed by atoms with Crippen molar-refractivity contribution in [2.45, 2.75) is 47.0 Å². The molecular weight excluding hydrogens is 603 g/mol. The van der Waals surface area contributed by atoms with Crippen molar-refractivity contribution in [1.29, 1.82) is 0 Å². The zero-order chi connectivity index (χ0) is 35.2. The van der Waals surface area contributed by atoms with Gasteiger partial charge in [0.2, 0.25) is 0 Å². The Morgan fingerprint density at radius 1 is 0.760 bits per heavy atom. The first-order valence-corrected chi connectivity index (χ1v) is 17.9. The van der Waals surface area contributed by atoms with E-state index in [9.17, 15) is 0 Å². The van der Waals surface area contributed by atoms with Gasteiger partial charge >= 0.3 is 0 Å². The van der Waals surface area contributed by atoms with E-state index in [2.05, 4.69) is 154 Å². The molecule has 0 saturated heterocycles. The number of benzene rings is 6. The predicted octanol–water partition coefficient (Wildman–Crippen LogP) is 13.8. The molecule has 0 fully saturated rings. The van der Waals surface area contributed by atoms with E-state index >= 15 is 0 Å². The third-order valence-electron chi connectivity index (χ3n) is 9.71. The van der Waals surface area contributed by atoms with Gasteiger partial charge in [0.05, 0.1) is 0 Å². The van der Waals surface area contributed by atoms with E-state index in [0.717, 1.165) is 36.0 Å². The second kappa shape index (κ2) is 15.3. The molecule has 0 spiro atoms. The molecule has 0 aliphatic heterocycles. The minimum Gasteiger partial charge on any atom is -0.398 e. The SMILES string of the molecule is C=C/C=C(\N)C(=C)/C=C(\C=C(/C)CC)c1ccc(-c2c3c(c(-c4ccc5ccccc5c4)c4ccccc24)CCC=C3)c2ccccc12.CC. The summed E-state index contributed by atoms with van der Waals surface area (Å²) in [5.41, 5.74) is 19.2. The lowest BCUT2D eigenvalue weighted by Crippen LogP contribution is -2.03. The number of allylic oxidation sites excluding steroid dienone is 7. The average Bonchev–Trinajstić information content (AvgIpc) is 3.17. The van der Waals surface area contributed by atoms with Crippen molar-refractivity contribution in [3.63, 3.8) is 0 Å². The normalized spacial score (nSPS) is 13.2. The summed E-state index contributed by atoms with van der Waals surface area (Å²) >= 11 is 0. The Morgan fingerprint density at radius 2 is 1.42 bits per heavy atom. The third-order valence-corrected chi connectivity index (χ3v) is 9.71. The first-order valence-electron chi connectivity index (χ1n) is 17.9. The zero-order valence-electron chi connectivity index (χ0n) is 29.9. The van der Waals surface area contributed by atoms with E-state index in [1.54, 1.807) is 12.2 Å². The fourth-order valence-corrected chi connectivity index (χ4v) is 7.19. The first kappa shape index (κ1) is 34.2. The topological polar surface area (TPSA) is 26.0 Å². The molecule has 1 aliphatic rings. The van der Waals surface area contributed by atoms with Crippen LogP contribution < -0.4 is 5.73 Å². The predicted molar refractivity (Wildman–Crippen MR) is 222 cm³/mol. The van der Waals surface area contributed by atoms with Gasteiger partial charge in [-0.05, 0) is 127 Å². The quantitative estimate of drug-likeness (QED) is 0.163. The fourth-order valence-electron chi connectivity index (χ4n) is 7.19. The summed E-state index contributed by atoms with van der Waals surface area (Å²) in [5, 5.41) is 7.54. The van der Waals surface area contributed by atoms with Crippen molar-refractivity contribution < 1.29 is 0 Å². The van der Waals surface area contributed by atoms with Gasteiger partial charge in [0.25, 0.3) is 0 Å². The van der Waals surface area contributed by atoms with Crippen molar-refractivity contribution in [3.8, 4) is 22.3 Å². The minimum absolute atomic E-state index is 0.613. The van der Waals surface area contributed by atoms with Crippen molar-refractivity contribution in [2.75, 3.05) is 0 Å². The van der Waals surface area contributed by atoms with Crippen LogP contribution in [-0.2, 0) is 6.42 Å². The summed E-state index contributed by atoms with van der Waals surface area (Å²) in [5.74, 6) is 0. The van der Waals surface area contributed by atoms with Gasteiger partial charge in [-0.1, -0.05) is 161 Å². The first-order chi connectivity index (χ1) is 24.5. The highest BCUT2D eigenvalue weighted by molar-refractivity contribution is 6.15. The summed E-state index contributed by atoms with van der Waals surface area (Å²) in [6.45, 7) is 16.5. The molecule has 0 radical (unpaired) electrons. The lowest BCUT2D eigenvalue weighted by atomic mass is 9.79. The molecule has 1 nitrogen and oxygen atoms in total. The Balaban J connectivity index is 0.00000212. The largest absolute Gasteiger partial charge is 0.398 e. The van der Waals surface area contributed by atoms with Crippen molar-refractivity contribution >= 4 is 44.0 Å². The van der Waals surface area contributed by atoms with Crippen molar-refractivity contribution in [2.24, 2.45) is 5.73 Å². The molecule has 2 N–H and O–H groups in total. The summed E-state index contributed by atoms with van der Waals surface area (Å²) in [6.07, 6.45) is 15.6. The molecule has 6 aromatic carbocycles. The van der Waals surface area contributed by atoms with Crippen LogP contribution in [0.5, 0.6) is 0 Å². The van der Waals surface area contributed by atoms with Gasteiger partial charge in [-0.3, -0.25) is 0 Å². The standard InChI is InChI=1S/C47H41N.C2H6/c1-5-15-45(48)32(4)29-36(28-31(3)6-2)37-26-27-44(39-19-10-9-18-38(37)39)47-42-22-13-11-20-40(42)46(41-21-12-14-23-43(41)47)35-25-24-33-16-7-8-17-34(33)30-35;1-2/h5,7-11,13-20,22-30H,1,4,6,12,21,48H2,2-3H3;1-2H3/b31-28+,36-29+,45-15-;. The third kappa shape index (κ3) is 6.52. The Kier molecular flexibility index (Phi) is 10.4. The highest BCUT2D eigenvalue weighted by Crippen LogP contribution is 2.47. The minimum atomic E-state index is 0.613. The molecule has 0 aromatic heterocycles. The van der Waals surface area contributed by atoms with Gasteiger partial charge in [0, 0.05) is 5.70 Å². The van der Waals surface area contributed by atoms with Crippen LogP contribution in [0.1, 0.15) is 57.2 Å². The molecule has 6 aromatic rings. The smallest absolute Gasteiger partial charge is 0.0381 e. The summed E-state index contributed by atoms with van der Waals surface area (Å²) < 4.78 is 0. The Labute approximate surface area is 298 Å². The van der Waals surface area contributed by atoms with Gasteiger partial charge in [0.15, 0.2) is 0 Å². The van der Waals surface area contributed by atoms with Gasteiger partial charge in [-0.2, -0.15) is 0 Å². The second-order valence-electron chi connectivity index (χ2n) is 12.7. The number of hydrogen-bond donors (Lipinski definition) is 1. The maximum atomic E-state index is 6.35. The van der Waals surface area contributed by atoms with E-state index in [1.165, 1.54) is 71.3 Å². The van der Waals surface area contributed by atoms with E-state index in [0.29, 0.717) is 5.70 Å². The molecule has 0 atom stereocenters. The highest BCUT2D eigenvalue weighted by atomic mass is 14.6. The van der Waals surface area contributed by atoms with Crippen LogP contribution >= 0.6 is 0 Å². The molecule has 248 valence electrons. The molecule has 1 heteroatoms. The van der Waals surface area contributed by atoms with Crippen molar-refractivity contribution in [3.05, 3.63) is 180 Å². The number of fused-ring (bicyclic) bond motifs is 4. The Morgan fingerprint density at radius 3 is 2.14 bits per heavy atom. The zero-order valence-corrected chi connectivity index (χ0v) is 29.9. The van der Waals surface area contributed by atoms with Crippen LogP contribution in [0.25, 0.3) is 66.2 Å². The molecule has 0 heterocycles. The van der Waals surface area contributed by atoms with Gasteiger partial charge in [-0.15, -0.1) is 0 Å². The molecule has 50 heavy (non-hydrogen) atoms. The maximum Gasteiger partial charge on any atom is 0.0381 e. The molecular formula is C49H47N. The molecule has 0 unspecified atom stereocenters. The lowest BCUT2D eigenvalue weighted by molar-refractivity contribution is 0.991. The summed E-state index contributed by atoms with van der Waals surface area (Å²) in [7, 11) is 0. The monoisotopic (exact) mass is 649 g/mol. The number of nitrogens with two attached hydrogens (primary N) is 1. The van der Waals surface area contributed by atoms with Gasteiger partial charge < -0.3 is 5.73 Å². The molecule has 1 aliphatic carbocycles. The van der Waals surface area contributed by atoms with Crippen LogP contribution in [0.3, 0.4) is 0 Å². The van der Waals surface area contributed by atoms with E-state index in [1.807, 2.05) is 13.8 Å². The van der Waals surface area contributed by atoms with Crippen LogP contribution in [0.2, 0.25) is 0 Å². The molecule has 7 rings (SSSR count). The van der Waals surface area contributed by atoms with Crippen molar-refractivity contribution in [1.82, 2.24) is 0 Å².